The molecule has 1 amide bonds. The molecule has 9 heteroatoms. The molecule has 0 spiro atoms. The van der Waals surface area contributed by atoms with E-state index in [9.17, 15) is 22.4 Å². The molecule has 0 bridgehead atoms. The summed E-state index contributed by atoms with van der Waals surface area (Å²) in [5, 5.41) is 6.06. The van der Waals surface area contributed by atoms with Crippen molar-refractivity contribution in [2.24, 2.45) is 0 Å². The molecule has 0 atom stereocenters. The van der Waals surface area contributed by atoms with Gasteiger partial charge in [0.2, 0.25) is 0 Å². The summed E-state index contributed by atoms with van der Waals surface area (Å²) in [7, 11) is 0. The molecular weight excluding hydrogens is 402 g/mol. The van der Waals surface area contributed by atoms with E-state index in [1.807, 2.05) is 19.1 Å². The maximum atomic E-state index is 14.0. The van der Waals surface area contributed by atoms with Gasteiger partial charge in [-0.25, -0.2) is 9.07 Å². The van der Waals surface area contributed by atoms with Crippen LogP contribution in [0.15, 0.2) is 54.7 Å². The van der Waals surface area contributed by atoms with Gasteiger partial charge in [-0.3, -0.25) is 4.79 Å². The minimum absolute atomic E-state index is 0.0237. The summed E-state index contributed by atoms with van der Waals surface area (Å²) in [6.45, 7) is 2.94. The lowest BCUT2D eigenvalue weighted by Gasteiger charge is -2.13. The van der Waals surface area contributed by atoms with E-state index in [1.165, 1.54) is 12.1 Å². The third-order valence-corrected chi connectivity index (χ3v) is 4.31. The number of ether oxygens (including phenoxy) is 1. The van der Waals surface area contributed by atoms with Crippen molar-refractivity contribution in [1.82, 2.24) is 15.1 Å². The van der Waals surface area contributed by atoms with Crippen LogP contribution in [0.25, 0.3) is 5.69 Å². The molecule has 3 rings (SSSR count). The summed E-state index contributed by atoms with van der Waals surface area (Å²) in [5.41, 5.74) is -0.763. The van der Waals surface area contributed by atoms with Gasteiger partial charge in [0, 0.05) is 13.2 Å². The zero-order valence-electron chi connectivity index (χ0n) is 16.0. The highest BCUT2D eigenvalue weighted by Gasteiger charge is 2.40. The highest BCUT2D eigenvalue weighted by Crippen LogP contribution is 2.34. The monoisotopic (exact) mass is 421 g/mol. The zero-order chi connectivity index (χ0) is 21.7. The topological polar surface area (TPSA) is 56.1 Å². The van der Waals surface area contributed by atoms with Crippen molar-refractivity contribution >= 4 is 5.91 Å². The van der Waals surface area contributed by atoms with Gasteiger partial charge in [-0.05, 0) is 30.2 Å². The highest BCUT2D eigenvalue weighted by atomic mass is 19.4. The third kappa shape index (κ3) is 4.85. The SMILES string of the molecule is CCOCc1ccc(CNC(=O)c2cnn(-c3ccccc3F)c2C(F)(F)F)cc1. The van der Waals surface area contributed by atoms with Gasteiger partial charge in [0.25, 0.3) is 5.91 Å². The number of hydrogen-bond acceptors (Lipinski definition) is 3. The number of alkyl halides is 3. The van der Waals surface area contributed by atoms with E-state index in [-0.39, 0.29) is 6.54 Å². The van der Waals surface area contributed by atoms with Gasteiger partial charge < -0.3 is 10.1 Å². The van der Waals surface area contributed by atoms with E-state index in [2.05, 4.69) is 10.4 Å². The fraction of sp³-hybridized carbons (Fsp3) is 0.238. The molecule has 0 fully saturated rings. The van der Waals surface area contributed by atoms with Crippen LogP contribution in [-0.2, 0) is 24.1 Å². The minimum Gasteiger partial charge on any atom is -0.377 e. The summed E-state index contributed by atoms with van der Waals surface area (Å²) < 4.78 is 60.6. The Morgan fingerprint density at radius 1 is 1.10 bits per heavy atom. The van der Waals surface area contributed by atoms with Gasteiger partial charge in [-0.15, -0.1) is 0 Å². The normalized spacial score (nSPS) is 11.5. The second kappa shape index (κ2) is 9.08. The molecule has 0 aliphatic heterocycles. The fourth-order valence-corrected chi connectivity index (χ4v) is 2.84. The van der Waals surface area contributed by atoms with Crippen LogP contribution in [0.1, 0.15) is 34.1 Å². The number of rotatable bonds is 7. The molecular formula is C21H19F4N3O2. The number of halogens is 4. The first-order valence-corrected chi connectivity index (χ1v) is 9.15. The number of nitrogens with zero attached hydrogens (tertiary/aromatic N) is 2. The number of amides is 1. The van der Waals surface area contributed by atoms with Crippen LogP contribution in [0.5, 0.6) is 0 Å². The minimum atomic E-state index is -4.91. The van der Waals surface area contributed by atoms with E-state index in [0.717, 1.165) is 23.9 Å². The predicted molar refractivity (Wildman–Crippen MR) is 101 cm³/mol. The van der Waals surface area contributed by atoms with E-state index < -0.39 is 34.8 Å². The Morgan fingerprint density at radius 3 is 2.40 bits per heavy atom. The highest BCUT2D eigenvalue weighted by molar-refractivity contribution is 5.95. The van der Waals surface area contributed by atoms with Gasteiger partial charge in [-0.2, -0.15) is 18.3 Å². The molecule has 3 aromatic rings. The van der Waals surface area contributed by atoms with Crippen LogP contribution in [0.2, 0.25) is 0 Å². The standard InChI is InChI=1S/C21H19F4N3O2/c1-2-30-13-15-9-7-14(8-10-15)11-26-20(29)16-12-27-28(19(16)21(23,24)25)18-6-4-3-5-17(18)22/h3-10,12H,2,11,13H2,1H3,(H,26,29). The molecule has 5 nitrogen and oxygen atoms in total. The predicted octanol–water partition coefficient (Wildman–Crippen LogP) is 4.50. The number of para-hydroxylation sites is 1. The van der Waals surface area contributed by atoms with Crippen LogP contribution in [0.3, 0.4) is 0 Å². The molecule has 1 heterocycles. The molecule has 158 valence electrons. The Hall–Kier alpha value is -3.20. The number of benzene rings is 2. The average Bonchev–Trinajstić information content (AvgIpc) is 3.17. The van der Waals surface area contributed by atoms with E-state index in [1.54, 1.807) is 12.1 Å². The Kier molecular flexibility index (Phi) is 6.51. The van der Waals surface area contributed by atoms with E-state index in [0.29, 0.717) is 23.5 Å². The second-order valence-corrected chi connectivity index (χ2v) is 6.40. The maximum Gasteiger partial charge on any atom is 0.434 e. The number of carbonyl (C=O) groups excluding carboxylic acids is 1. The van der Waals surface area contributed by atoms with Crippen molar-refractivity contribution in [2.45, 2.75) is 26.3 Å². The van der Waals surface area contributed by atoms with Gasteiger partial charge in [0.15, 0.2) is 5.69 Å². The molecule has 0 unspecified atom stereocenters. The van der Waals surface area contributed by atoms with Gasteiger partial charge >= 0.3 is 6.18 Å². The smallest absolute Gasteiger partial charge is 0.377 e. The first-order valence-electron chi connectivity index (χ1n) is 9.15. The second-order valence-electron chi connectivity index (χ2n) is 6.40. The van der Waals surface area contributed by atoms with Crippen molar-refractivity contribution in [3.8, 4) is 5.69 Å². The van der Waals surface area contributed by atoms with Crippen molar-refractivity contribution in [3.05, 3.63) is 82.9 Å². The van der Waals surface area contributed by atoms with Crippen LogP contribution in [-0.4, -0.2) is 22.3 Å². The number of aromatic nitrogens is 2. The summed E-state index contributed by atoms with van der Waals surface area (Å²) in [6.07, 6.45) is -4.12. The Bertz CT molecular complexity index is 1010. The zero-order valence-corrected chi connectivity index (χ0v) is 16.0. The molecule has 2 aromatic carbocycles. The molecule has 0 saturated carbocycles. The molecule has 30 heavy (non-hydrogen) atoms. The third-order valence-electron chi connectivity index (χ3n) is 4.31. The molecule has 0 saturated heterocycles. The lowest BCUT2D eigenvalue weighted by Crippen LogP contribution is -2.26. The Morgan fingerprint density at radius 2 is 1.77 bits per heavy atom. The molecule has 1 aromatic heterocycles. The average molecular weight is 421 g/mol. The first-order chi connectivity index (χ1) is 14.3. The van der Waals surface area contributed by atoms with Crippen LogP contribution < -0.4 is 5.32 Å². The van der Waals surface area contributed by atoms with Gasteiger partial charge in [0.1, 0.15) is 11.5 Å². The van der Waals surface area contributed by atoms with Crippen LogP contribution in [0.4, 0.5) is 17.6 Å². The van der Waals surface area contributed by atoms with Gasteiger partial charge in [0.05, 0.1) is 18.4 Å². The van der Waals surface area contributed by atoms with E-state index in [4.69, 9.17) is 4.74 Å². The van der Waals surface area contributed by atoms with Gasteiger partial charge in [-0.1, -0.05) is 36.4 Å². The summed E-state index contributed by atoms with van der Waals surface area (Å²) in [6, 6.07) is 12.0. The number of nitrogens with one attached hydrogen (secondary N) is 1. The maximum absolute atomic E-state index is 14.0. The lowest BCUT2D eigenvalue weighted by molar-refractivity contribution is -0.143. The molecule has 0 aliphatic carbocycles. The Labute approximate surface area is 170 Å². The first kappa shape index (κ1) is 21.5. The molecule has 0 radical (unpaired) electrons. The number of hydrogen-bond donors (Lipinski definition) is 1. The van der Waals surface area contributed by atoms with Crippen LogP contribution >= 0.6 is 0 Å². The van der Waals surface area contributed by atoms with E-state index >= 15 is 0 Å². The summed E-state index contributed by atoms with van der Waals surface area (Å²) >= 11 is 0. The number of carbonyl (C=O) groups is 1. The molecule has 1 N–H and O–H groups in total. The largest absolute Gasteiger partial charge is 0.434 e. The lowest BCUT2D eigenvalue weighted by atomic mass is 10.1. The summed E-state index contributed by atoms with van der Waals surface area (Å²) in [5.74, 6) is -1.84. The summed E-state index contributed by atoms with van der Waals surface area (Å²) in [4.78, 5) is 12.4. The van der Waals surface area contributed by atoms with Crippen molar-refractivity contribution < 1.29 is 27.1 Å². The van der Waals surface area contributed by atoms with Crippen molar-refractivity contribution in [3.63, 3.8) is 0 Å². The van der Waals surface area contributed by atoms with Crippen molar-refractivity contribution in [2.75, 3.05) is 6.61 Å². The fourth-order valence-electron chi connectivity index (χ4n) is 2.84. The Balaban J connectivity index is 1.80. The van der Waals surface area contributed by atoms with Crippen LogP contribution in [0, 0.1) is 5.82 Å². The molecule has 0 aliphatic rings. The van der Waals surface area contributed by atoms with Crippen molar-refractivity contribution in [1.29, 1.82) is 0 Å². The quantitative estimate of drug-likeness (QED) is 0.572.